The quantitative estimate of drug-likeness (QED) is 0.467. The van der Waals surface area contributed by atoms with Crippen molar-refractivity contribution in [2.24, 2.45) is 0 Å². The van der Waals surface area contributed by atoms with Crippen LogP contribution >= 0.6 is 0 Å². The highest BCUT2D eigenvalue weighted by Crippen LogP contribution is 2.26. The number of carbonyl (C=O) groups is 3. The van der Waals surface area contributed by atoms with Crippen molar-refractivity contribution in [1.29, 1.82) is 0 Å². The molecule has 0 bridgehead atoms. The fourth-order valence-corrected chi connectivity index (χ4v) is 4.43. The lowest BCUT2D eigenvalue weighted by atomic mass is 10.0. The minimum Gasteiger partial charge on any atom is -0.459 e. The van der Waals surface area contributed by atoms with Crippen LogP contribution in [-0.2, 0) is 16.1 Å². The molecule has 0 saturated heterocycles. The first-order valence-electron chi connectivity index (χ1n) is 12.1. The van der Waals surface area contributed by atoms with Crippen LogP contribution in [0.3, 0.4) is 0 Å². The Labute approximate surface area is 209 Å². The third-order valence-corrected chi connectivity index (χ3v) is 6.39. The number of amides is 3. The second-order valence-electron chi connectivity index (χ2n) is 9.11. The van der Waals surface area contributed by atoms with Crippen molar-refractivity contribution in [1.82, 2.24) is 15.5 Å². The molecular formula is C28H30FN3O4. The Morgan fingerprint density at radius 3 is 2.36 bits per heavy atom. The fraction of sp³-hybridized carbons (Fsp3) is 0.321. The first-order valence-corrected chi connectivity index (χ1v) is 12.1. The maximum absolute atomic E-state index is 13.6. The average molecular weight is 492 g/mol. The number of hydrogen-bond donors (Lipinski definition) is 2. The maximum atomic E-state index is 13.6. The average Bonchev–Trinajstić information content (AvgIpc) is 3.59. The molecule has 1 unspecified atom stereocenters. The molecule has 1 atom stereocenters. The first kappa shape index (κ1) is 25.2. The van der Waals surface area contributed by atoms with Crippen molar-refractivity contribution in [2.75, 3.05) is 6.54 Å². The molecule has 1 aliphatic rings. The van der Waals surface area contributed by atoms with Gasteiger partial charge in [0.1, 0.15) is 11.9 Å². The summed E-state index contributed by atoms with van der Waals surface area (Å²) in [4.78, 5) is 41.0. The van der Waals surface area contributed by atoms with Crippen LogP contribution in [0.15, 0.2) is 71.3 Å². The Kier molecular flexibility index (Phi) is 8.15. The number of nitrogens with zero attached hydrogens (tertiary/aromatic N) is 1. The lowest BCUT2D eigenvalue weighted by Crippen LogP contribution is -2.48. The van der Waals surface area contributed by atoms with Gasteiger partial charge in [0, 0.05) is 12.6 Å². The number of furan rings is 1. The highest BCUT2D eigenvalue weighted by Gasteiger charge is 2.33. The van der Waals surface area contributed by atoms with Crippen molar-refractivity contribution in [2.45, 2.75) is 51.2 Å². The Balaban J connectivity index is 1.63. The standard InChI is InChI=1S/C28H30FN3O4/c1-19-8-12-21(13-9-19)26(28(35)31-23-5-2-3-6-23)32(18-20-10-14-22(29)15-11-20)25(33)17-30-27(34)24-7-4-16-36-24/h4,7-16,23,26H,2-3,5-6,17-18H2,1H3,(H,30,34)(H,31,35). The van der Waals surface area contributed by atoms with Gasteiger partial charge in [-0.25, -0.2) is 4.39 Å². The van der Waals surface area contributed by atoms with Gasteiger partial charge in [-0.1, -0.05) is 54.8 Å². The highest BCUT2D eigenvalue weighted by atomic mass is 19.1. The molecule has 8 heteroatoms. The second-order valence-corrected chi connectivity index (χ2v) is 9.11. The molecule has 7 nitrogen and oxygen atoms in total. The van der Waals surface area contributed by atoms with Crippen LogP contribution in [0.4, 0.5) is 4.39 Å². The van der Waals surface area contributed by atoms with Gasteiger partial charge in [-0.3, -0.25) is 14.4 Å². The van der Waals surface area contributed by atoms with E-state index in [0.29, 0.717) is 11.1 Å². The Morgan fingerprint density at radius 1 is 1.03 bits per heavy atom. The van der Waals surface area contributed by atoms with E-state index in [1.807, 2.05) is 31.2 Å². The predicted molar refractivity (Wildman–Crippen MR) is 132 cm³/mol. The van der Waals surface area contributed by atoms with Gasteiger partial charge in [0.15, 0.2) is 5.76 Å². The van der Waals surface area contributed by atoms with Gasteiger partial charge in [0.05, 0.1) is 12.8 Å². The second kappa shape index (κ2) is 11.7. The predicted octanol–water partition coefficient (Wildman–Crippen LogP) is 4.29. The SMILES string of the molecule is Cc1ccc(C(C(=O)NC2CCCC2)N(Cc2ccc(F)cc2)C(=O)CNC(=O)c2ccco2)cc1. The van der Waals surface area contributed by atoms with Crippen LogP contribution in [0.5, 0.6) is 0 Å². The van der Waals surface area contributed by atoms with Gasteiger partial charge < -0.3 is 20.0 Å². The number of halogens is 1. The number of carbonyl (C=O) groups excluding carboxylic acids is 3. The number of aryl methyl sites for hydroxylation is 1. The largest absolute Gasteiger partial charge is 0.459 e. The monoisotopic (exact) mass is 491 g/mol. The summed E-state index contributed by atoms with van der Waals surface area (Å²) >= 11 is 0. The van der Waals surface area contributed by atoms with Crippen molar-refractivity contribution >= 4 is 17.7 Å². The van der Waals surface area contributed by atoms with E-state index in [0.717, 1.165) is 31.2 Å². The van der Waals surface area contributed by atoms with E-state index in [4.69, 9.17) is 4.42 Å². The zero-order chi connectivity index (χ0) is 25.5. The molecule has 0 spiro atoms. The number of hydrogen-bond acceptors (Lipinski definition) is 4. The van der Waals surface area contributed by atoms with Gasteiger partial charge in [-0.15, -0.1) is 0 Å². The third-order valence-electron chi connectivity index (χ3n) is 6.39. The molecule has 1 saturated carbocycles. The fourth-order valence-electron chi connectivity index (χ4n) is 4.43. The van der Waals surface area contributed by atoms with E-state index < -0.39 is 23.7 Å². The molecule has 2 N–H and O–H groups in total. The van der Waals surface area contributed by atoms with Crippen LogP contribution in [0, 0.1) is 12.7 Å². The topological polar surface area (TPSA) is 91.7 Å². The van der Waals surface area contributed by atoms with Gasteiger partial charge in [0.25, 0.3) is 5.91 Å². The summed E-state index contributed by atoms with van der Waals surface area (Å²) in [5.41, 5.74) is 2.34. The molecule has 0 aliphatic heterocycles. The Bertz CT molecular complexity index is 1170. The zero-order valence-electron chi connectivity index (χ0n) is 20.2. The minimum atomic E-state index is -0.927. The van der Waals surface area contributed by atoms with Crippen molar-refractivity contribution in [3.63, 3.8) is 0 Å². The molecule has 1 heterocycles. The lowest BCUT2D eigenvalue weighted by Gasteiger charge is -2.32. The van der Waals surface area contributed by atoms with Crippen LogP contribution in [0.2, 0.25) is 0 Å². The molecule has 3 amide bonds. The normalized spacial score (nSPS) is 14.3. The van der Waals surface area contributed by atoms with E-state index in [1.54, 1.807) is 18.2 Å². The minimum absolute atomic E-state index is 0.0619. The van der Waals surface area contributed by atoms with E-state index >= 15 is 0 Å². The van der Waals surface area contributed by atoms with Crippen molar-refractivity contribution in [3.05, 3.63) is 95.2 Å². The zero-order valence-corrected chi connectivity index (χ0v) is 20.2. The molecule has 36 heavy (non-hydrogen) atoms. The van der Waals surface area contributed by atoms with Crippen LogP contribution in [0.1, 0.15) is 59.0 Å². The summed E-state index contributed by atoms with van der Waals surface area (Å²) in [6, 6.07) is 15.5. The lowest BCUT2D eigenvalue weighted by molar-refractivity contribution is -0.141. The summed E-state index contributed by atoms with van der Waals surface area (Å²) in [5.74, 6) is -1.57. The third kappa shape index (κ3) is 6.38. The molecule has 188 valence electrons. The molecule has 1 aliphatic carbocycles. The molecule has 3 aromatic rings. The summed E-state index contributed by atoms with van der Waals surface area (Å²) in [6.07, 6.45) is 5.28. The molecule has 1 fully saturated rings. The highest BCUT2D eigenvalue weighted by molar-refractivity contribution is 5.95. The molecule has 0 radical (unpaired) electrons. The molecule has 1 aromatic heterocycles. The van der Waals surface area contributed by atoms with Gasteiger partial charge in [0.2, 0.25) is 11.8 Å². The summed E-state index contributed by atoms with van der Waals surface area (Å²) < 4.78 is 18.6. The van der Waals surface area contributed by atoms with E-state index in [2.05, 4.69) is 10.6 Å². The summed E-state index contributed by atoms with van der Waals surface area (Å²) in [7, 11) is 0. The van der Waals surface area contributed by atoms with Crippen LogP contribution in [-0.4, -0.2) is 35.2 Å². The Morgan fingerprint density at radius 2 is 1.72 bits per heavy atom. The first-order chi connectivity index (χ1) is 17.4. The molecule has 2 aromatic carbocycles. The summed E-state index contributed by atoms with van der Waals surface area (Å²) in [6.45, 7) is 1.68. The smallest absolute Gasteiger partial charge is 0.287 e. The van der Waals surface area contributed by atoms with Gasteiger partial charge >= 0.3 is 0 Å². The van der Waals surface area contributed by atoms with Crippen molar-refractivity contribution < 1.29 is 23.2 Å². The van der Waals surface area contributed by atoms with Gasteiger partial charge in [-0.05, 0) is 55.2 Å². The van der Waals surface area contributed by atoms with Crippen LogP contribution < -0.4 is 10.6 Å². The maximum Gasteiger partial charge on any atom is 0.287 e. The summed E-state index contributed by atoms with van der Waals surface area (Å²) in [5, 5.41) is 5.69. The van der Waals surface area contributed by atoms with E-state index in [1.165, 1.54) is 29.4 Å². The van der Waals surface area contributed by atoms with E-state index in [-0.39, 0.29) is 30.8 Å². The number of nitrogens with one attached hydrogen (secondary N) is 2. The van der Waals surface area contributed by atoms with E-state index in [9.17, 15) is 18.8 Å². The van der Waals surface area contributed by atoms with Crippen LogP contribution in [0.25, 0.3) is 0 Å². The number of rotatable bonds is 9. The van der Waals surface area contributed by atoms with Gasteiger partial charge in [-0.2, -0.15) is 0 Å². The molecular weight excluding hydrogens is 461 g/mol. The molecule has 4 rings (SSSR count). The van der Waals surface area contributed by atoms with Crippen molar-refractivity contribution in [3.8, 4) is 0 Å². The number of benzene rings is 2. The Hall–Kier alpha value is -3.94.